The molecule has 32 heavy (non-hydrogen) atoms. The van der Waals surface area contributed by atoms with E-state index in [2.05, 4.69) is 0 Å². The minimum atomic E-state index is -0.705. The fraction of sp³-hybridized carbons (Fsp3) is 0.360. The van der Waals surface area contributed by atoms with E-state index < -0.39 is 29.9 Å². The standard InChI is InChI=1S/C25H25ClF2O4/c1-2-31-16-11-22(27)21(23(28)12-16)8-14-7-20(18-5-3-4-6-19(18)25(14)26)24-10-15(30)9-17(13-29)32-24/h3-7,11-12,15,17,24,29-30H,2,8-10,13H2,1H3/t15-,17-,24+/m0/s1. The number of hydrogen-bond donors (Lipinski definition) is 2. The number of aliphatic hydroxyl groups excluding tert-OH is 2. The third-order valence-corrected chi connectivity index (χ3v) is 6.25. The molecule has 3 atom stereocenters. The van der Waals surface area contributed by atoms with E-state index in [1.54, 1.807) is 13.0 Å². The van der Waals surface area contributed by atoms with Gasteiger partial charge in [-0.05, 0) is 23.4 Å². The molecule has 4 rings (SSSR count). The number of hydrogen-bond acceptors (Lipinski definition) is 4. The van der Waals surface area contributed by atoms with Crippen molar-refractivity contribution in [3.8, 4) is 5.75 Å². The first-order valence-electron chi connectivity index (χ1n) is 10.7. The van der Waals surface area contributed by atoms with Crippen LogP contribution in [0.15, 0.2) is 42.5 Å². The summed E-state index contributed by atoms with van der Waals surface area (Å²) in [4.78, 5) is 0. The Morgan fingerprint density at radius 3 is 2.44 bits per heavy atom. The van der Waals surface area contributed by atoms with Crippen molar-refractivity contribution in [1.82, 2.24) is 0 Å². The van der Waals surface area contributed by atoms with Crippen LogP contribution in [0.5, 0.6) is 5.75 Å². The lowest BCUT2D eigenvalue weighted by Gasteiger charge is -2.33. The monoisotopic (exact) mass is 462 g/mol. The van der Waals surface area contributed by atoms with E-state index in [1.165, 1.54) is 12.1 Å². The molecule has 2 N–H and O–H groups in total. The second-order valence-corrected chi connectivity index (χ2v) is 8.39. The van der Waals surface area contributed by atoms with Gasteiger partial charge in [0.05, 0.1) is 36.5 Å². The fourth-order valence-electron chi connectivity index (χ4n) is 4.32. The van der Waals surface area contributed by atoms with Crippen LogP contribution in [0, 0.1) is 11.6 Å². The molecule has 0 spiro atoms. The summed E-state index contributed by atoms with van der Waals surface area (Å²) in [6.45, 7) is 1.85. The first-order valence-corrected chi connectivity index (χ1v) is 11.0. The summed E-state index contributed by atoms with van der Waals surface area (Å²) in [6, 6.07) is 11.6. The summed E-state index contributed by atoms with van der Waals surface area (Å²) in [6.07, 6.45) is -0.930. The van der Waals surface area contributed by atoms with Crippen LogP contribution in [-0.2, 0) is 11.2 Å². The van der Waals surface area contributed by atoms with Crippen molar-refractivity contribution in [3.05, 3.63) is 75.8 Å². The van der Waals surface area contributed by atoms with Gasteiger partial charge >= 0.3 is 0 Å². The van der Waals surface area contributed by atoms with Gasteiger partial charge in [-0.2, -0.15) is 0 Å². The number of rotatable bonds is 6. The molecule has 0 aromatic heterocycles. The number of halogens is 3. The minimum absolute atomic E-state index is 0.0561. The van der Waals surface area contributed by atoms with E-state index in [-0.39, 0.29) is 24.3 Å². The summed E-state index contributed by atoms with van der Waals surface area (Å²) >= 11 is 6.67. The molecule has 0 bridgehead atoms. The molecule has 0 amide bonds. The fourth-order valence-corrected chi connectivity index (χ4v) is 4.61. The van der Waals surface area contributed by atoms with Crippen LogP contribution >= 0.6 is 11.6 Å². The van der Waals surface area contributed by atoms with Gasteiger partial charge in [-0.3, -0.25) is 0 Å². The Labute approximate surface area is 190 Å². The third kappa shape index (κ3) is 4.59. The molecule has 3 aromatic carbocycles. The summed E-state index contributed by atoms with van der Waals surface area (Å²) in [5.74, 6) is -1.27. The molecule has 7 heteroatoms. The molecule has 3 aromatic rings. The van der Waals surface area contributed by atoms with Crippen molar-refractivity contribution < 1.29 is 28.5 Å². The van der Waals surface area contributed by atoms with Crippen molar-refractivity contribution in [1.29, 1.82) is 0 Å². The molecule has 1 aliphatic heterocycles. The van der Waals surface area contributed by atoms with Crippen LogP contribution in [0.2, 0.25) is 5.02 Å². The van der Waals surface area contributed by atoms with Crippen molar-refractivity contribution >= 4 is 22.4 Å². The molecule has 1 fully saturated rings. The van der Waals surface area contributed by atoms with E-state index >= 15 is 0 Å². The first-order chi connectivity index (χ1) is 15.4. The second-order valence-electron chi connectivity index (χ2n) is 8.01. The van der Waals surface area contributed by atoms with Gasteiger partial charge in [0.25, 0.3) is 0 Å². The van der Waals surface area contributed by atoms with Gasteiger partial charge < -0.3 is 19.7 Å². The Kier molecular flexibility index (Phi) is 6.96. The summed E-state index contributed by atoms with van der Waals surface area (Å²) in [5.41, 5.74) is 1.21. The molecule has 170 valence electrons. The van der Waals surface area contributed by atoms with Crippen molar-refractivity contribution in [3.63, 3.8) is 0 Å². The van der Waals surface area contributed by atoms with Gasteiger partial charge in [0.2, 0.25) is 0 Å². The minimum Gasteiger partial charge on any atom is -0.494 e. The smallest absolute Gasteiger partial charge is 0.133 e. The Bertz CT molecular complexity index is 1100. The second kappa shape index (κ2) is 9.71. The Morgan fingerprint density at radius 1 is 1.09 bits per heavy atom. The lowest BCUT2D eigenvalue weighted by molar-refractivity contribution is -0.113. The highest BCUT2D eigenvalue weighted by Gasteiger charge is 2.31. The Hall–Kier alpha value is -2.25. The summed E-state index contributed by atoms with van der Waals surface area (Å²) < 4.78 is 40.7. The third-order valence-electron chi connectivity index (χ3n) is 5.81. The maximum atomic E-state index is 14.7. The lowest BCUT2D eigenvalue weighted by atomic mass is 9.90. The molecular formula is C25H25ClF2O4. The average molecular weight is 463 g/mol. The molecule has 0 unspecified atom stereocenters. The normalized spacial score (nSPS) is 21.1. The Morgan fingerprint density at radius 2 is 1.78 bits per heavy atom. The molecule has 1 aliphatic rings. The highest BCUT2D eigenvalue weighted by Crippen LogP contribution is 2.40. The Balaban J connectivity index is 1.79. The largest absolute Gasteiger partial charge is 0.494 e. The average Bonchev–Trinajstić information content (AvgIpc) is 2.77. The molecule has 0 aliphatic carbocycles. The molecule has 1 heterocycles. The maximum absolute atomic E-state index is 14.7. The highest BCUT2D eigenvalue weighted by molar-refractivity contribution is 6.36. The van der Waals surface area contributed by atoms with Crippen LogP contribution < -0.4 is 4.74 Å². The predicted octanol–water partition coefficient (Wildman–Crippen LogP) is 5.33. The van der Waals surface area contributed by atoms with E-state index in [1.807, 2.05) is 24.3 Å². The van der Waals surface area contributed by atoms with Gasteiger partial charge in [-0.1, -0.05) is 41.9 Å². The van der Waals surface area contributed by atoms with Gasteiger partial charge in [0.15, 0.2) is 0 Å². The van der Waals surface area contributed by atoms with Crippen LogP contribution in [0.25, 0.3) is 10.8 Å². The summed E-state index contributed by atoms with van der Waals surface area (Å²) in [5, 5.41) is 21.8. The first kappa shape index (κ1) is 22.9. The van der Waals surface area contributed by atoms with Gasteiger partial charge in [-0.15, -0.1) is 0 Å². The van der Waals surface area contributed by atoms with Crippen LogP contribution in [0.3, 0.4) is 0 Å². The zero-order chi connectivity index (χ0) is 22.8. The molecular weight excluding hydrogens is 438 g/mol. The van der Waals surface area contributed by atoms with Crippen molar-refractivity contribution in [2.24, 2.45) is 0 Å². The number of ether oxygens (including phenoxy) is 2. The maximum Gasteiger partial charge on any atom is 0.133 e. The molecule has 0 radical (unpaired) electrons. The predicted molar refractivity (Wildman–Crippen MR) is 119 cm³/mol. The van der Waals surface area contributed by atoms with Crippen LogP contribution in [-0.4, -0.2) is 35.6 Å². The van der Waals surface area contributed by atoms with Gasteiger partial charge in [-0.25, -0.2) is 8.78 Å². The van der Waals surface area contributed by atoms with E-state index in [0.29, 0.717) is 30.0 Å². The lowest BCUT2D eigenvalue weighted by Crippen LogP contribution is -2.33. The van der Waals surface area contributed by atoms with Crippen LogP contribution in [0.1, 0.15) is 42.6 Å². The molecule has 4 nitrogen and oxygen atoms in total. The number of aliphatic hydroxyl groups is 2. The van der Waals surface area contributed by atoms with Crippen LogP contribution in [0.4, 0.5) is 8.78 Å². The summed E-state index contributed by atoms with van der Waals surface area (Å²) in [7, 11) is 0. The van der Waals surface area contributed by atoms with Crippen molar-refractivity contribution in [2.45, 2.75) is 44.5 Å². The SMILES string of the molecule is CCOc1cc(F)c(Cc2cc([C@H]3C[C@@H](O)C[C@@H](CO)O3)c3ccccc3c2Cl)c(F)c1. The number of benzene rings is 3. The quantitative estimate of drug-likeness (QED) is 0.519. The molecule has 0 saturated carbocycles. The highest BCUT2D eigenvalue weighted by atomic mass is 35.5. The van der Waals surface area contributed by atoms with Crippen molar-refractivity contribution in [2.75, 3.05) is 13.2 Å². The van der Waals surface area contributed by atoms with E-state index in [9.17, 15) is 19.0 Å². The van der Waals surface area contributed by atoms with Gasteiger partial charge in [0, 0.05) is 42.3 Å². The van der Waals surface area contributed by atoms with Gasteiger partial charge in [0.1, 0.15) is 17.4 Å². The molecule has 1 saturated heterocycles. The topological polar surface area (TPSA) is 58.9 Å². The zero-order valence-electron chi connectivity index (χ0n) is 17.7. The van der Waals surface area contributed by atoms with E-state index in [0.717, 1.165) is 16.3 Å². The van der Waals surface area contributed by atoms with E-state index in [4.69, 9.17) is 21.1 Å². The number of fused-ring (bicyclic) bond motifs is 1. The zero-order valence-corrected chi connectivity index (χ0v) is 18.4.